The van der Waals surface area contributed by atoms with E-state index in [-0.39, 0.29) is 31.9 Å². The number of hydrogen-bond acceptors (Lipinski definition) is 10. The molecule has 4 aliphatic rings. The van der Waals surface area contributed by atoms with Crippen LogP contribution in [0.2, 0.25) is 0 Å². The molecule has 0 spiro atoms. The van der Waals surface area contributed by atoms with E-state index in [0.717, 1.165) is 34.9 Å². The van der Waals surface area contributed by atoms with Gasteiger partial charge in [-0.15, -0.1) is 6.58 Å². The van der Waals surface area contributed by atoms with Gasteiger partial charge in [0.05, 0.1) is 25.5 Å². The van der Waals surface area contributed by atoms with Crippen LogP contribution in [0.4, 0.5) is 4.79 Å². The molecular formula is C37H49N5O9S. The molecular weight excluding hydrogens is 691 g/mol. The summed E-state index contributed by atoms with van der Waals surface area (Å²) < 4.78 is 45.3. The Morgan fingerprint density at radius 2 is 1.94 bits per heavy atom. The molecule has 1 saturated heterocycles. The van der Waals surface area contributed by atoms with E-state index >= 15 is 0 Å². The zero-order chi connectivity index (χ0) is 37.6. The molecule has 0 radical (unpaired) electrons. The van der Waals surface area contributed by atoms with Crippen LogP contribution in [0.3, 0.4) is 0 Å². The summed E-state index contributed by atoms with van der Waals surface area (Å²) in [6, 6.07) is 3.56. The first-order valence-electron chi connectivity index (χ1n) is 17.9. The second-order valence-electron chi connectivity index (χ2n) is 15.7. The standard InChI is InChI=1S/C37H49N5O9S/c1-7-24-18-37(24,34(45)41-52(47,48)26-11-12-26)40-31(43)28-17-25-19-42(28)33(44)30(36(3,4)5)39-35(46)50-20-21(2)9-8-10-23-15-27-22(16-29(23)49-6)13-14-38-32(27)51-25/h7,13-16,21,24-26,28,30H,1,8-12,17-20H2,2-6H3,(H,39,46)(H,40,43)(H,41,45)/t21?,24-,25-,28+,30-,37-/m1/s1. The number of fused-ring (bicyclic) bond motifs is 3. The highest BCUT2D eigenvalue weighted by molar-refractivity contribution is 7.91. The number of aromatic nitrogens is 1. The predicted molar refractivity (Wildman–Crippen MR) is 192 cm³/mol. The summed E-state index contributed by atoms with van der Waals surface area (Å²) in [5.74, 6) is -1.44. The van der Waals surface area contributed by atoms with E-state index in [0.29, 0.717) is 25.1 Å². The smallest absolute Gasteiger partial charge is 0.407 e. The minimum Gasteiger partial charge on any atom is -0.496 e. The number of rotatable bonds is 7. The summed E-state index contributed by atoms with van der Waals surface area (Å²) >= 11 is 0. The minimum absolute atomic E-state index is 0.0293. The first kappa shape index (κ1) is 37.4. The van der Waals surface area contributed by atoms with Crippen LogP contribution >= 0.6 is 0 Å². The molecule has 2 aliphatic heterocycles. The molecule has 1 aromatic heterocycles. The van der Waals surface area contributed by atoms with E-state index in [9.17, 15) is 27.6 Å². The fourth-order valence-electron chi connectivity index (χ4n) is 7.17. The Balaban J connectivity index is 1.35. The number of methoxy groups -OCH3 is 1. The molecule has 4 bridgehead atoms. The first-order chi connectivity index (χ1) is 24.6. The summed E-state index contributed by atoms with van der Waals surface area (Å²) in [7, 11) is -2.27. The molecule has 52 heavy (non-hydrogen) atoms. The molecule has 2 aromatic rings. The van der Waals surface area contributed by atoms with Crippen molar-refractivity contribution in [2.24, 2.45) is 17.3 Å². The van der Waals surface area contributed by atoms with E-state index in [1.54, 1.807) is 34.1 Å². The highest BCUT2D eigenvalue weighted by Gasteiger charge is 2.62. The summed E-state index contributed by atoms with van der Waals surface area (Å²) in [4.78, 5) is 61.3. The third-order valence-electron chi connectivity index (χ3n) is 10.5. The highest BCUT2D eigenvalue weighted by Crippen LogP contribution is 2.45. The number of alkyl carbamates (subject to hydrolysis) is 1. The molecule has 2 saturated carbocycles. The highest BCUT2D eigenvalue weighted by atomic mass is 32.2. The predicted octanol–water partition coefficient (Wildman–Crippen LogP) is 3.37. The number of amides is 4. The average molecular weight is 740 g/mol. The summed E-state index contributed by atoms with van der Waals surface area (Å²) in [5, 5.41) is 6.50. The fourth-order valence-corrected chi connectivity index (χ4v) is 8.53. The Bertz CT molecular complexity index is 1870. The largest absolute Gasteiger partial charge is 0.496 e. The Hall–Kier alpha value is -4.40. The quantitative estimate of drug-likeness (QED) is 0.356. The molecule has 3 N–H and O–H groups in total. The van der Waals surface area contributed by atoms with Gasteiger partial charge in [-0.05, 0) is 79.0 Å². The molecule has 282 valence electrons. The van der Waals surface area contributed by atoms with Crippen molar-refractivity contribution in [3.63, 3.8) is 0 Å². The Morgan fingerprint density at radius 3 is 2.60 bits per heavy atom. The van der Waals surface area contributed by atoms with Gasteiger partial charge in [-0.1, -0.05) is 33.8 Å². The lowest BCUT2D eigenvalue weighted by molar-refractivity contribution is -0.142. The summed E-state index contributed by atoms with van der Waals surface area (Å²) in [6.45, 7) is 11.3. The average Bonchev–Trinajstić information content (AvgIpc) is 4.02. The van der Waals surface area contributed by atoms with Crippen LogP contribution in [0, 0.1) is 17.3 Å². The topological polar surface area (TPSA) is 182 Å². The van der Waals surface area contributed by atoms with Crippen LogP contribution < -0.4 is 24.8 Å². The molecule has 4 amide bonds. The lowest BCUT2D eigenvalue weighted by atomic mass is 9.85. The van der Waals surface area contributed by atoms with Gasteiger partial charge < -0.3 is 29.7 Å². The van der Waals surface area contributed by atoms with E-state index in [1.165, 1.54) is 11.0 Å². The van der Waals surface area contributed by atoms with Crippen LogP contribution in [0.25, 0.3) is 10.8 Å². The van der Waals surface area contributed by atoms with E-state index < -0.39 is 74.1 Å². The molecule has 3 fully saturated rings. The molecule has 6 atom stereocenters. The van der Waals surface area contributed by atoms with Gasteiger partial charge in [0.2, 0.25) is 27.7 Å². The van der Waals surface area contributed by atoms with E-state index in [4.69, 9.17) is 14.2 Å². The lowest BCUT2D eigenvalue weighted by Crippen LogP contribution is -2.60. The Kier molecular flexibility index (Phi) is 10.2. The molecule has 14 nitrogen and oxygen atoms in total. The van der Waals surface area contributed by atoms with Crippen LogP contribution in [0.1, 0.15) is 71.8 Å². The molecule has 2 aliphatic carbocycles. The minimum atomic E-state index is -3.89. The number of ether oxygens (including phenoxy) is 3. The van der Waals surface area contributed by atoms with Gasteiger partial charge in [0.1, 0.15) is 29.5 Å². The normalized spacial score (nSPS) is 28.5. The number of aryl methyl sites for hydroxylation is 1. The van der Waals surface area contributed by atoms with Crippen molar-refractivity contribution in [3.05, 3.63) is 42.6 Å². The van der Waals surface area contributed by atoms with Gasteiger partial charge >= 0.3 is 6.09 Å². The molecule has 6 rings (SSSR count). The van der Waals surface area contributed by atoms with Crippen LogP contribution in [-0.4, -0.2) is 91.4 Å². The van der Waals surface area contributed by atoms with Gasteiger partial charge in [-0.3, -0.25) is 19.1 Å². The van der Waals surface area contributed by atoms with Crippen molar-refractivity contribution in [1.82, 2.24) is 25.2 Å². The third kappa shape index (κ3) is 7.69. The lowest BCUT2D eigenvalue weighted by Gasteiger charge is -2.35. The Labute approximate surface area is 304 Å². The van der Waals surface area contributed by atoms with Crippen molar-refractivity contribution in [2.45, 2.75) is 102 Å². The monoisotopic (exact) mass is 739 g/mol. The maximum atomic E-state index is 14.5. The molecule has 1 unspecified atom stereocenters. The van der Waals surface area contributed by atoms with Crippen molar-refractivity contribution in [1.29, 1.82) is 0 Å². The second-order valence-corrected chi connectivity index (χ2v) is 17.7. The van der Waals surface area contributed by atoms with Gasteiger partial charge in [0.25, 0.3) is 5.91 Å². The van der Waals surface area contributed by atoms with E-state index in [2.05, 4.69) is 26.9 Å². The number of carbonyl (C=O) groups excluding carboxylic acids is 4. The number of benzene rings is 1. The van der Waals surface area contributed by atoms with Gasteiger partial charge in [-0.25, -0.2) is 18.2 Å². The first-order valence-corrected chi connectivity index (χ1v) is 19.5. The molecule has 1 aromatic carbocycles. The third-order valence-corrected chi connectivity index (χ3v) is 12.3. The maximum absolute atomic E-state index is 14.5. The number of nitrogens with zero attached hydrogens (tertiary/aromatic N) is 2. The Morgan fingerprint density at radius 1 is 1.19 bits per heavy atom. The second kappa shape index (κ2) is 14.2. The summed E-state index contributed by atoms with van der Waals surface area (Å²) in [5.41, 5.74) is -1.38. The SMILES string of the molecule is C=C[C@@H]1C[C@]1(NC(=O)[C@@H]1C[C@@H]2CN1C(=O)[C@H](C(C)(C)C)NC(=O)OCC(C)CCCc1cc3c(nccc3cc1OC)O2)C(=O)NS(=O)(=O)C1CC1. The van der Waals surface area contributed by atoms with Crippen molar-refractivity contribution in [3.8, 4) is 11.6 Å². The van der Waals surface area contributed by atoms with Crippen LogP contribution in [-0.2, 0) is 35.6 Å². The van der Waals surface area contributed by atoms with Gasteiger partial charge in [0, 0.05) is 23.9 Å². The molecule has 3 heterocycles. The van der Waals surface area contributed by atoms with Gasteiger partial charge in [-0.2, -0.15) is 0 Å². The number of pyridine rings is 1. The van der Waals surface area contributed by atoms with Crippen molar-refractivity contribution in [2.75, 3.05) is 20.3 Å². The van der Waals surface area contributed by atoms with Crippen molar-refractivity contribution >= 4 is 44.6 Å². The van der Waals surface area contributed by atoms with Crippen molar-refractivity contribution < 1.29 is 41.8 Å². The number of carbonyl (C=O) groups is 4. The van der Waals surface area contributed by atoms with Gasteiger partial charge in [0.15, 0.2) is 0 Å². The summed E-state index contributed by atoms with van der Waals surface area (Å²) in [6.07, 6.45) is 5.07. The number of hydrogen-bond donors (Lipinski definition) is 3. The zero-order valence-electron chi connectivity index (χ0n) is 30.4. The zero-order valence-corrected chi connectivity index (χ0v) is 31.2. The maximum Gasteiger partial charge on any atom is 0.407 e. The molecule has 15 heteroatoms. The van der Waals surface area contributed by atoms with Crippen LogP contribution in [0.15, 0.2) is 37.1 Å². The number of cyclic esters (lactones) is 1. The number of sulfonamides is 1. The van der Waals surface area contributed by atoms with Crippen LogP contribution in [0.5, 0.6) is 11.6 Å². The number of nitrogens with one attached hydrogen (secondary N) is 3. The fraction of sp³-hybridized carbons (Fsp3) is 0.595. The van der Waals surface area contributed by atoms with E-state index in [1.807, 2.05) is 25.1 Å².